The van der Waals surface area contributed by atoms with E-state index >= 15 is 0 Å². The molecule has 0 saturated heterocycles. The summed E-state index contributed by atoms with van der Waals surface area (Å²) in [6.07, 6.45) is 0. The number of ether oxygens (including phenoxy) is 2. The second-order valence-electron chi connectivity index (χ2n) is 2.69. The Labute approximate surface area is 81.7 Å². The second-order valence-corrected chi connectivity index (χ2v) is 2.69. The average Bonchev–Trinajstić information content (AvgIpc) is 2.20. The maximum absolute atomic E-state index is 13.1. The van der Waals surface area contributed by atoms with Crippen LogP contribution in [-0.4, -0.2) is 14.2 Å². The molecule has 74 valence electrons. The van der Waals surface area contributed by atoms with E-state index in [1.807, 2.05) is 6.07 Å². The molecule has 1 aromatic rings. The fourth-order valence-electron chi connectivity index (χ4n) is 1.13. The van der Waals surface area contributed by atoms with Gasteiger partial charge in [-0.1, -0.05) is 0 Å². The molecule has 0 aliphatic rings. The van der Waals surface area contributed by atoms with Gasteiger partial charge in [-0.2, -0.15) is 5.26 Å². The van der Waals surface area contributed by atoms with E-state index in [1.165, 1.54) is 20.3 Å². The van der Waals surface area contributed by atoms with E-state index in [0.717, 1.165) is 6.07 Å². The summed E-state index contributed by atoms with van der Waals surface area (Å²) in [6, 6.07) is 4.51. The Morgan fingerprint density at radius 3 is 2.64 bits per heavy atom. The summed E-state index contributed by atoms with van der Waals surface area (Å²) >= 11 is 0. The van der Waals surface area contributed by atoms with Crippen molar-refractivity contribution in [1.29, 1.82) is 5.26 Å². The van der Waals surface area contributed by atoms with E-state index < -0.39 is 5.82 Å². The number of nitrogens with zero attached hydrogens (tertiary/aromatic N) is 1. The lowest BCUT2D eigenvalue weighted by Crippen LogP contribution is -1.97. The van der Waals surface area contributed by atoms with Crippen molar-refractivity contribution in [2.75, 3.05) is 14.2 Å². The van der Waals surface area contributed by atoms with Gasteiger partial charge in [0.15, 0.2) is 11.6 Å². The molecule has 0 aromatic heterocycles. The van der Waals surface area contributed by atoms with Crippen LogP contribution in [0.15, 0.2) is 12.1 Å². The molecule has 0 heterocycles. The van der Waals surface area contributed by atoms with Gasteiger partial charge in [0.05, 0.1) is 25.3 Å². The van der Waals surface area contributed by atoms with Crippen molar-refractivity contribution < 1.29 is 13.9 Å². The van der Waals surface area contributed by atoms with Gasteiger partial charge < -0.3 is 9.47 Å². The molecule has 0 unspecified atom stereocenters. The van der Waals surface area contributed by atoms with Crippen molar-refractivity contribution >= 4 is 0 Å². The Bertz CT molecular complexity index is 371. The summed E-state index contributed by atoms with van der Waals surface area (Å²) < 4.78 is 22.8. The highest BCUT2D eigenvalue weighted by molar-refractivity contribution is 5.43. The molecular formula is C10H10FNO2. The molecular weight excluding hydrogens is 185 g/mol. The average molecular weight is 195 g/mol. The number of hydrogen-bond donors (Lipinski definition) is 0. The van der Waals surface area contributed by atoms with Gasteiger partial charge >= 0.3 is 0 Å². The summed E-state index contributed by atoms with van der Waals surface area (Å²) in [5.41, 5.74) is 0.887. The molecule has 0 saturated carbocycles. The van der Waals surface area contributed by atoms with Gasteiger partial charge in [0.2, 0.25) is 0 Å². The Kier molecular flexibility index (Phi) is 3.43. The van der Waals surface area contributed by atoms with E-state index in [-0.39, 0.29) is 17.9 Å². The van der Waals surface area contributed by atoms with Crippen LogP contribution in [0.25, 0.3) is 0 Å². The van der Waals surface area contributed by atoms with E-state index in [2.05, 4.69) is 0 Å². The molecule has 0 radical (unpaired) electrons. The Morgan fingerprint density at radius 2 is 2.14 bits per heavy atom. The largest absolute Gasteiger partial charge is 0.494 e. The molecule has 0 spiro atoms. The number of nitriles is 1. The smallest absolute Gasteiger partial charge is 0.166 e. The molecule has 1 aromatic carbocycles. The topological polar surface area (TPSA) is 42.2 Å². The lowest BCUT2D eigenvalue weighted by Gasteiger charge is -2.06. The first-order chi connectivity index (χ1) is 6.72. The van der Waals surface area contributed by atoms with E-state index in [1.54, 1.807) is 0 Å². The van der Waals surface area contributed by atoms with E-state index in [0.29, 0.717) is 5.56 Å². The maximum Gasteiger partial charge on any atom is 0.166 e. The number of hydrogen-bond acceptors (Lipinski definition) is 3. The number of halogens is 1. The predicted molar refractivity (Wildman–Crippen MR) is 48.4 cm³/mol. The summed E-state index contributed by atoms with van der Waals surface area (Å²) in [7, 11) is 2.89. The zero-order chi connectivity index (χ0) is 10.6. The number of benzene rings is 1. The monoisotopic (exact) mass is 195 g/mol. The van der Waals surface area contributed by atoms with Crippen molar-refractivity contribution in [3.63, 3.8) is 0 Å². The van der Waals surface area contributed by atoms with Gasteiger partial charge in [-0.05, 0) is 17.7 Å². The van der Waals surface area contributed by atoms with Crippen molar-refractivity contribution in [3.8, 4) is 11.8 Å². The van der Waals surface area contributed by atoms with Gasteiger partial charge in [-0.25, -0.2) is 4.39 Å². The molecule has 0 aliphatic carbocycles. The molecule has 3 nitrogen and oxygen atoms in total. The lowest BCUT2D eigenvalue weighted by atomic mass is 10.1. The Balaban J connectivity index is 3.19. The lowest BCUT2D eigenvalue weighted by molar-refractivity contribution is 0.184. The van der Waals surface area contributed by atoms with Gasteiger partial charge in [0.25, 0.3) is 0 Å². The van der Waals surface area contributed by atoms with Gasteiger partial charge in [0, 0.05) is 7.11 Å². The highest BCUT2D eigenvalue weighted by Gasteiger charge is 2.09. The van der Waals surface area contributed by atoms with Crippen LogP contribution in [0.3, 0.4) is 0 Å². The standard InChI is InChI=1S/C10H10FNO2/c1-13-6-8-4-10(14-2)9(11)3-7(8)5-12/h3-4H,6H2,1-2H3. The third-order valence-corrected chi connectivity index (χ3v) is 1.80. The van der Waals surface area contributed by atoms with Crippen LogP contribution in [0.4, 0.5) is 4.39 Å². The zero-order valence-corrected chi connectivity index (χ0v) is 8.00. The second kappa shape index (κ2) is 4.58. The molecule has 0 fully saturated rings. The van der Waals surface area contributed by atoms with Gasteiger partial charge in [-0.3, -0.25) is 0 Å². The third-order valence-electron chi connectivity index (χ3n) is 1.80. The van der Waals surface area contributed by atoms with Gasteiger partial charge in [0.1, 0.15) is 0 Å². The molecule has 0 N–H and O–H groups in total. The van der Waals surface area contributed by atoms with Crippen molar-refractivity contribution in [2.24, 2.45) is 0 Å². The van der Waals surface area contributed by atoms with Gasteiger partial charge in [-0.15, -0.1) is 0 Å². The molecule has 0 bridgehead atoms. The highest BCUT2D eigenvalue weighted by atomic mass is 19.1. The molecule has 0 aliphatic heterocycles. The van der Waals surface area contributed by atoms with Crippen LogP contribution in [0, 0.1) is 17.1 Å². The minimum atomic E-state index is -0.538. The molecule has 1 rings (SSSR count). The van der Waals surface area contributed by atoms with Crippen LogP contribution in [-0.2, 0) is 11.3 Å². The van der Waals surface area contributed by atoms with Crippen LogP contribution >= 0.6 is 0 Å². The van der Waals surface area contributed by atoms with Crippen LogP contribution in [0.2, 0.25) is 0 Å². The van der Waals surface area contributed by atoms with E-state index in [9.17, 15) is 4.39 Å². The molecule has 0 atom stereocenters. The first kappa shape index (κ1) is 10.5. The van der Waals surface area contributed by atoms with Crippen molar-refractivity contribution in [3.05, 3.63) is 29.1 Å². The Hall–Kier alpha value is -1.60. The Morgan fingerprint density at radius 1 is 1.43 bits per heavy atom. The summed E-state index contributed by atoms with van der Waals surface area (Å²) in [6.45, 7) is 0.263. The van der Waals surface area contributed by atoms with Crippen molar-refractivity contribution in [1.82, 2.24) is 0 Å². The highest BCUT2D eigenvalue weighted by Crippen LogP contribution is 2.22. The summed E-state index contributed by atoms with van der Waals surface area (Å²) in [5, 5.41) is 8.72. The molecule has 0 amide bonds. The van der Waals surface area contributed by atoms with Crippen LogP contribution in [0.5, 0.6) is 5.75 Å². The molecule has 4 heteroatoms. The fraction of sp³-hybridized carbons (Fsp3) is 0.300. The summed E-state index contributed by atoms with van der Waals surface area (Å²) in [5.74, 6) is -0.417. The van der Waals surface area contributed by atoms with Crippen LogP contribution < -0.4 is 4.74 Å². The minimum absolute atomic E-state index is 0.121. The molecule has 14 heavy (non-hydrogen) atoms. The fourth-order valence-corrected chi connectivity index (χ4v) is 1.13. The maximum atomic E-state index is 13.1. The number of methoxy groups -OCH3 is 2. The van der Waals surface area contributed by atoms with Crippen molar-refractivity contribution in [2.45, 2.75) is 6.61 Å². The minimum Gasteiger partial charge on any atom is -0.494 e. The normalized spacial score (nSPS) is 9.57. The zero-order valence-electron chi connectivity index (χ0n) is 8.00. The van der Waals surface area contributed by atoms with Crippen LogP contribution in [0.1, 0.15) is 11.1 Å². The third kappa shape index (κ3) is 2.01. The SMILES string of the molecule is COCc1cc(OC)c(F)cc1C#N. The number of rotatable bonds is 3. The first-order valence-electron chi connectivity index (χ1n) is 3.98. The quantitative estimate of drug-likeness (QED) is 0.739. The summed E-state index contributed by atoms with van der Waals surface area (Å²) in [4.78, 5) is 0. The van der Waals surface area contributed by atoms with E-state index in [4.69, 9.17) is 14.7 Å². The first-order valence-corrected chi connectivity index (χ1v) is 3.98. The predicted octanol–water partition coefficient (Wildman–Crippen LogP) is 1.85.